The first kappa shape index (κ1) is 16.1. The fourth-order valence-electron chi connectivity index (χ4n) is 2.86. The maximum atomic E-state index is 12.2. The van der Waals surface area contributed by atoms with Crippen LogP contribution < -0.4 is 10.1 Å². The number of ether oxygens (including phenoxy) is 1. The molecule has 1 fully saturated rings. The van der Waals surface area contributed by atoms with Gasteiger partial charge in [0.25, 0.3) is 0 Å². The molecule has 1 aromatic rings. The highest BCUT2D eigenvalue weighted by atomic mass is 19.4. The summed E-state index contributed by atoms with van der Waals surface area (Å²) in [6.45, 7) is 5.75. The minimum atomic E-state index is -4.65. The van der Waals surface area contributed by atoms with Crippen LogP contribution in [-0.2, 0) is 6.54 Å². The zero-order chi connectivity index (χ0) is 15.5. The second-order valence-corrected chi connectivity index (χ2v) is 6.10. The molecule has 0 spiro atoms. The number of nitrogens with one attached hydrogen (secondary N) is 1. The summed E-state index contributed by atoms with van der Waals surface area (Å²) < 4.78 is 40.6. The molecule has 0 saturated carbocycles. The van der Waals surface area contributed by atoms with E-state index in [9.17, 15) is 13.2 Å². The number of alkyl halides is 3. The van der Waals surface area contributed by atoms with Gasteiger partial charge in [-0.25, -0.2) is 0 Å². The van der Waals surface area contributed by atoms with Crippen molar-refractivity contribution >= 4 is 0 Å². The number of benzene rings is 1. The van der Waals surface area contributed by atoms with Gasteiger partial charge in [-0.2, -0.15) is 0 Å². The molecule has 1 aliphatic rings. The van der Waals surface area contributed by atoms with Gasteiger partial charge < -0.3 is 15.0 Å². The zero-order valence-corrected chi connectivity index (χ0v) is 12.3. The van der Waals surface area contributed by atoms with E-state index in [-0.39, 0.29) is 11.2 Å². The molecule has 0 bridgehead atoms. The Bertz CT molecular complexity index is 470. The lowest BCUT2D eigenvalue weighted by Crippen LogP contribution is -2.34. The van der Waals surface area contributed by atoms with Crippen LogP contribution in [0.1, 0.15) is 18.9 Å². The number of rotatable bonds is 5. The lowest BCUT2D eigenvalue weighted by molar-refractivity contribution is -0.274. The molecule has 3 nitrogen and oxygen atoms in total. The standard InChI is InChI=1S/C15H21F3N2O/c1-14(6-7-19-10-14)11-20(2)9-12-4-3-5-13(8-12)21-15(16,17)18/h3-5,8,19H,6-7,9-11H2,1-2H3. The van der Waals surface area contributed by atoms with Crippen LogP contribution in [0.4, 0.5) is 13.2 Å². The van der Waals surface area contributed by atoms with Gasteiger partial charge in [0.15, 0.2) is 0 Å². The van der Waals surface area contributed by atoms with Crippen molar-refractivity contribution in [1.82, 2.24) is 10.2 Å². The van der Waals surface area contributed by atoms with Crippen molar-refractivity contribution in [2.24, 2.45) is 5.41 Å². The van der Waals surface area contributed by atoms with Crippen molar-refractivity contribution in [3.05, 3.63) is 29.8 Å². The molecule has 1 aliphatic heterocycles. The van der Waals surface area contributed by atoms with Gasteiger partial charge in [-0.05, 0) is 43.1 Å². The van der Waals surface area contributed by atoms with Crippen molar-refractivity contribution in [1.29, 1.82) is 0 Å². The summed E-state index contributed by atoms with van der Waals surface area (Å²) in [5, 5.41) is 3.35. The van der Waals surface area contributed by atoms with Crippen molar-refractivity contribution in [2.45, 2.75) is 26.3 Å². The normalized spacial score (nSPS) is 22.8. The van der Waals surface area contributed by atoms with E-state index in [0.717, 1.165) is 31.6 Å². The minimum Gasteiger partial charge on any atom is -0.406 e. The Morgan fingerprint density at radius 3 is 2.76 bits per heavy atom. The molecule has 1 atom stereocenters. The third-order valence-corrected chi connectivity index (χ3v) is 3.69. The van der Waals surface area contributed by atoms with Crippen molar-refractivity contribution in [2.75, 3.05) is 26.7 Å². The zero-order valence-electron chi connectivity index (χ0n) is 12.3. The van der Waals surface area contributed by atoms with Gasteiger partial charge in [0.2, 0.25) is 0 Å². The predicted octanol–water partition coefficient (Wildman–Crippen LogP) is 3.02. The summed E-state index contributed by atoms with van der Waals surface area (Å²) >= 11 is 0. The molecule has 1 N–H and O–H groups in total. The fraction of sp³-hybridized carbons (Fsp3) is 0.600. The molecule has 1 aromatic carbocycles. The molecular formula is C15H21F3N2O. The molecule has 0 amide bonds. The predicted molar refractivity (Wildman–Crippen MR) is 75.1 cm³/mol. The van der Waals surface area contributed by atoms with E-state index in [2.05, 4.69) is 21.9 Å². The molecule has 0 aromatic heterocycles. The Balaban J connectivity index is 1.94. The average Bonchev–Trinajstić information content (AvgIpc) is 2.73. The summed E-state index contributed by atoms with van der Waals surface area (Å²) in [5.74, 6) is -0.165. The third-order valence-electron chi connectivity index (χ3n) is 3.69. The molecule has 21 heavy (non-hydrogen) atoms. The maximum absolute atomic E-state index is 12.2. The maximum Gasteiger partial charge on any atom is 0.573 e. The summed E-state index contributed by atoms with van der Waals surface area (Å²) in [4.78, 5) is 2.14. The van der Waals surface area contributed by atoms with Gasteiger partial charge in [0.1, 0.15) is 5.75 Å². The lowest BCUT2D eigenvalue weighted by atomic mass is 9.89. The van der Waals surface area contributed by atoms with Crippen LogP contribution in [0.2, 0.25) is 0 Å². The van der Waals surface area contributed by atoms with Gasteiger partial charge in [0.05, 0.1) is 0 Å². The van der Waals surface area contributed by atoms with Crippen LogP contribution >= 0.6 is 0 Å². The number of hydrogen-bond acceptors (Lipinski definition) is 3. The van der Waals surface area contributed by atoms with E-state index >= 15 is 0 Å². The Kier molecular flexibility index (Phi) is 4.78. The van der Waals surface area contributed by atoms with E-state index < -0.39 is 6.36 Å². The van der Waals surface area contributed by atoms with Crippen molar-refractivity contribution in [3.8, 4) is 5.75 Å². The summed E-state index contributed by atoms with van der Waals surface area (Å²) in [5.41, 5.74) is 1.04. The van der Waals surface area contributed by atoms with E-state index in [1.54, 1.807) is 6.07 Å². The van der Waals surface area contributed by atoms with E-state index in [1.165, 1.54) is 12.1 Å². The molecule has 6 heteroatoms. The molecular weight excluding hydrogens is 281 g/mol. The lowest BCUT2D eigenvalue weighted by Gasteiger charge is -2.29. The van der Waals surface area contributed by atoms with Crippen LogP contribution in [0.15, 0.2) is 24.3 Å². The van der Waals surface area contributed by atoms with Crippen LogP contribution in [0.5, 0.6) is 5.75 Å². The van der Waals surface area contributed by atoms with Crippen molar-refractivity contribution in [3.63, 3.8) is 0 Å². The van der Waals surface area contributed by atoms with Gasteiger partial charge >= 0.3 is 6.36 Å². The number of nitrogens with zero attached hydrogens (tertiary/aromatic N) is 1. The van der Waals surface area contributed by atoms with Gasteiger partial charge in [0, 0.05) is 19.6 Å². The smallest absolute Gasteiger partial charge is 0.406 e. The monoisotopic (exact) mass is 302 g/mol. The minimum absolute atomic E-state index is 0.165. The fourth-order valence-corrected chi connectivity index (χ4v) is 2.86. The third kappa shape index (κ3) is 5.21. The summed E-state index contributed by atoms with van der Waals surface area (Å²) in [7, 11) is 1.99. The molecule has 2 rings (SSSR count). The molecule has 1 heterocycles. The quantitative estimate of drug-likeness (QED) is 0.905. The summed E-state index contributed by atoms with van der Waals surface area (Å²) in [6.07, 6.45) is -3.53. The van der Waals surface area contributed by atoms with Gasteiger partial charge in [-0.3, -0.25) is 0 Å². The number of hydrogen-bond donors (Lipinski definition) is 1. The first-order valence-electron chi connectivity index (χ1n) is 7.00. The SMILES string of the molecule is CN(Cc1cccc(OC(F)(F)F)c1)CC1(C)CCNC1. The second-order valence-electron chi connectivity index (χ2n) is 6.10. The average molecular weight is 302 g/mol. The van der Waals surface area contributed by atoms with Crippen LogP contribution in [-0.4, -0.2) is 37.9 Å². The van der Waals surface area contributed by atoms with E-state index in [1.807, 2.05) is 13.1 Å². The summed E-state index contributed by atoms with van der Waals surface area (Å²) in [6, 6.07) is 6.16. The molecule has 1 saturated heterocycles. The van der Waals surface area contributed by atoms with E-state index in [4.69, 9.17) is 0 Å². The second kappa shape index (κ2) is 6.23. The highest BCUT2D eigenvalue weighted by Crippen LogP contribution is 2.27. The van der Waals surface area contributed by atoms with E-state index in [0.29, 0.717) is 6.54 Å². The molecule has 0 radical (unpaired) electrons. The molecule has 1 unspecified atom stereocenters. The Morgan fingerprint density at radius 2 is 2.14 bits per heavy atom. The van der Waals surface area contributed by atoms with Gasteiger partial charge in [-0.1, -0.05) is 19.1 Å². The largest absolute Gasteiger partial charge is 0.573 e. The molecule has 0 aliphatic carbocycles. The highest BCUT2D eigenvalue weighted by Gasteiger charge is 2.31. The highest BCUT2D eigenvalue weighted by molar-refractivity contribution is 5.28. The van der Waals surface area contributed by atoms with Crippen molar-refractivity contribution < 1.29 is 17.9 Å². The van der Waals surface area contributed by atoms with Crippen LogP contribution in [0.25, 0.3) is 0 Å². The Morgan fingerprint density at radius 1 is 1.38 bits per heavy atom. The topological polar surface area (TPSA) is 24.5 Å². The van der Waals surface area contributed by atoms with Gasteiger partial charge in [-0.15, -0.1) is 13.2 Å². The van der Waals surface area contributed by atoms with Crippen LogP contribution in [0.3, 0.4) is 0 Å². The van der Waals surface area contributed by atoms with Crippen LogP contribution in [0, 0.1) is 5.41 Å². The Labute approximate surface area is 123 Å². The number of halogens is 3. The first-order chi connectivity index (χ1) is 9.76. The Hall–Kier alpha value is -1.27. The molecule has 118 valence electrons. The first-order valence-corrected chi connectivity index (χ1v) is 7.00.